The maximum Gasteiger partial charge on any atom is 0.131 e. The maximum absolute atomic E-state index is 9.56. The number of aromatic amines is 2. The summed E-state index contributed by atoms with van der Waals surface area (Å²) in [4.78, 5) is 22.3. The van der Waals surface area contributed by atoms with Gasteiger partial charge in [-0.25, -0.2) is 9.97 Å². The van der Waals surface area contributed by atoms with Crippen LogP contribution < -0.4 is 23.8 Å². The van der Waals surface area contributed by atoms with Crippen molar-refractivity contribution in [3.05, 3.63) is 152 Å². The summed E-state index contributed by atoms with van der Waals surface area (Å²) in [6.45, 7) is 28.7. The van der Waals surface area contributed by atoms with Gasteiger partial charge in [-0.15, -0.1) is 11.3 Å². The zero-order valence-electron chi connectivity index (χ0n) is 53.6. The second-order valence-electron chi connectivity index (χ2n) is 27.5. The van der Waals surface area contributed by atoms with E-state index in [0.717, 1.165) is 91.0 Å². The third-order valence-corrected chi connectivity index (χ3v) is 15.7. The molecule has 4 aromatic heterocycles. The van der Waals surface area contributed by atoms with Crippen molar-refractivity contribution in [2.45, 2.75) is 109 Å². The average molecular weight is 1190 g/mol. The summed E-state index contributed by atoms with van der Waals surface area (Å²) in [5.74, 6) is 16.8. The van der Waals surface area contributed by atoms with E-state index in [2.05, 4.69) is 182 Å². The van der Waals surface area contributed by atoms with Gasteiger partial charge in [0.15, 0.2) is 0 Å². The SMILES string of the molecule is CN(C)c1ccc(C#Cc2c3nc(c(-c4cc(OCCC(C)(C)C)cc(OCCC(C)(C)C)c4)c4ccc([nH]4)c(C#Cc4ccc(C=C(C#N)C#N)s4)c4nc(c(-c5cc(OCCC(C)(C)C)cc(OCCC(C)(C)C)c5)c5ccc2[nH]5)C=C4)C=C3)cc1. The lowest BCUT2D eigenvalue weighted by Gasteiger charge is -2.20. The van der Waals surface area contributed by atoms with Gasteiger partial charge in [-0.1, -0.05) is 107 Å². The molecule has 0 radical (unpaired) electrons. The van der Waals surface area contributed by atoms with E-state index in [-0.39, 0.29) is 27.2 Å². The molecule has 0 saturated heterocycles. The van der Waals surface area contributed by atoms with E-state index in [9.17, 15) is 10.5 Å². The third kappa shape index (κ3) is 17.3. The fraction of sp³-hybridized carbons (Fsp3) is 0.342. The lowest BCUT2D eigenvalue weighted by molar-refractivity contribution is 0.233. The van der Waals surface area contributed by atoms with Crippen LogP contribution >= 0.6 is 11.3 Å². The van der Waals surface area contributed by atoms with Gasteiger partial charge in [0.2, 0.25) is 0 Å². The molecule has 2 N–H and O–H groups in total. The van der Waals surface area contributed by atoms with Crippen LogP contribution in [0.3, 0.4) is 0 Å². The summed E-state index contributed by atoms with van der Waals surface area (Å²) < 4.78 is 26.5. The molecular formula is C76H81N7O4S. The van der Waals surface area contributed by atoms with E-state index in [0.29, 0.717) is 83.3 Å². The van der Waals surface area contributed by atoms with E-state index < -0.39 is 0 Å². The Hall–Kier alpha value is -9.20. The first-order valence-corrected chi connectivity index (χ1v) is 31.0. The second-order valence-corrected chi connectivity index (χ2v) is 28.6. The van der Waals surface area contributed by atoms with Gasteiger partial charge < -0.3 is 33.8 Å². The molecule has 2 aliphatic rings. The van der Waals surface area contributed by atoms with Crippen molar-refractivity contribution in [1.29, 1.82) is 10.5 Å². The van der Waals surface area contributed by atoms with Crippen LogP contribution in [0.5, 0.6) is 23.0 Å². The van der Waals surface area contributed by atoms with Gasteiger partial charge in [0.25, 0.3) is 0 Å². The van der Waals surface area contributed by atoms with Crippen LogP contribution in [0.15, 0.2) is 103 Å². The molecule has 450 valence electrons. The van der Waals surface area contributed by atoms with Crippen LogP contribution in [0.2, 0.25) is 0 Å². The molecule has 0 spiro atoms. The number of anilines is 1. The molecule has 7 aromatic rings. The summed E-state index contributed by atoms with van der Waals surface area (Å²) in [6, 6.07) is 36.5. The molecule has 9 rings (SSSR count). The normalized spacial score (nSPS) is 12.0. The molecule has 11 nitrogen and oxygen atoms in total. The van der Waals surface area contributed by atoms with Gasteiger partial charge in [0.05, 0.1) is 76.2 Å². The molecule has 0 aliphatic carbocycles. The molecule has 0 atom stereocenters. The van der Waals surface area contributed by atoms with Crippen molar-refractivity contribution in [2.24, 2.45) is 21.7 Å². The highest BCUT2D eigenvalue weighted by atomic mass is 32.1. The maximum atomic E-state index is 9.56. The molecule has 3 aromatic carbocycles. The highest BCUT2D eigenvalue weighted by Gasteiger charge is 2.22. The first kappa shape index (κ1) is 63.3. The Morgan fingerprint density at radius 2 is 0.864 bits per heavy atom. The Morgan fingerprint density at radius 3 is 1.25 bits per heavy atom. The third-order valence-electron chi connectivity index (χ3n) is 14.8. The first-order chi connectivity index (χ1) is 41.7. The molecule has 8 bridgehead atoms. The van der Waals surface area contributed by atoms with Crippen LogP contribution in [0.1, 0.15) is 158 Å². The molecule has 0 fully saturated rings. The van der Waals surface area contributed by atoms with Crippen molar-refractivity contribution in [3.8, 4) is 81.1 Å². The molecule has 88 heavy (non-hydrogen) atoms. The number of thiophene rings is 1. The summed E-state index contributed by atoms with van der Waals surface area (Å²) in [5.41, 5.74) is 12.6. The van der Waals surface area contributed by atoms with Gasteiger partial charge in [-0.3, -0.25) is 0 Å². The molecule has 0 unspecified atom stereocenters. The minimum atomic E-state index is 0.0182. The zero-order chi connectivity index (χ0) is 63.0. The molecular weight excluding hydrogens is 1110 g/mol. The van der Waals surface area contributed by atoms with E-state index in [1.54, 1.807) is 6.08 Å². The van der Waals surface area contributed by atoms with Crippen LogP contribution in [-0.4, -0.2) is 60.5 Å². The zero-order valence-corrected chi connectivity index (χ0v) is 54.4. The van der Waals surface area contributed by atoms with Crippen LogP contribution in [-0.2, 0) is 0 Å². The largest absolute Gasteiger partial charge is 0.493 e. The second kappa shape index (κ2) is 26.8. The minimum Gasteiger partial charge on any atom is -0.493 e. The van der Waals surface area contributed by atoms with Gasteiger partial charge >= 0.3 is 0 Å². The van der Waals surface area contributed by atoms with Gasteiger partial charge in [-0.2, -0.15) is 10.5 Å². The summed E-state index contributed by atoms with van der Waals surface area (Å²) in [6.07, 6.45) is 13.2. The number of rotatable bonds is 16. The highest BCUT2D eigenvalue weighted by Crippen LogP contribution is 2.40. The predicted molar refractivity (Wildman–Crippen MR) is 364 cm³/mol. The van der Waals surface area contributed by atoms with Crippen molar-refractivity contribution in [1.82, 2.24) is 19.9 Å². The van der Waals surface area contributed by atoms with Crippen LogP contribution in [0.4, 0.5) is 5.69 Å². The standard InChI is InChI=1S/C76H81N7O4S/c1-73(2,3)33-37-84-55-42-52(43-56(46-55)85-38-34-74(4,5)6)71-67-29-25-63(79-67)61(23-17-50-15-18-54(19-16-50)83(13)14)64-26-30-68(80-64)72(53-44-57(86-39-35-75(7,8)9)47-58(45-53)87-40-36-76(10,11)12)70-32-28-66(82-70)62(65-27-31-69(71)81-65)24-22-59-20-21-60(88-59)41-51(48-77)49-78/h15-16,18-21,25-32,41-47,79,82H,33-40H2,1-14H3. The summed E-state index contributed by atoms with van der Waals surface area (Å²) in [5, 5.41) is 19.1. The average Bonchev–Trinajstić information content (AvgIpc) is 1.73. The molecule has 2 aliphatic heterocycles. The number of hydrogen-bond acceptors (Lipinski definition) is 10. The fourth-order valence-electron chi connectivity index (χ4n) is 9.57. The minimum absolute atomic E-state index is 0.0182. The van der Waals surface area contributed by atoms with Crippen molar-refractivity contribution in [2.75, 3.05) is 45.4 Å². The number of hydrogen-bond donors (Lipinski definition) is 2. The lowest BCUT2D eigenvalue weighted by Crippen LogP contribution is -2.12. The number of H-pyrrole nitrogens is 2. The Morgan fingerprint density at radius 1 is 0.477 bits per heavy atom. The highest BCUT2D eigenvalue weighted by molar-refractivity contribution is 7.13. The van der Waals surface area contributed by atoms with E-state index in [1.165, 1.54) is 11.3 Å². The van der Waals surface area contributed by atoms with E-state index in [4.69, 9.17) is 28.9 Å². The quantitative estimate of drug-likeness (QED) is 0.0713. The number of nitrogens with one attached hydrogen (secondary N) is 2. The Bertz CT molecular complexity index is 4040. The number of fused-ring (bicyclic) bond motifs is 8. The first-order valence-electron chi connectivity index (χ1n) is 30.2. The van der Waals surface area contributed by atoms with Crippen LogP contribution in [0.25, 0.3) is 74.7 Å². The molecule has 6 heterocycles. The molecule has 0 saturated carbocycles. The number of ether oxygens (including phenoxy) is 4. The molecule has 0 amide bonds. The van der Waals surface area contributed by atoms with Crippen molar-refractivity contribution >= 4 is 69.5 Å². The van der Waals surface area contributed by atoms with Gasteiger partial charge in [0.1, 0.15) is 40.7 Å². The summed E-state index contributed by atoms with van der Waals surface area (Å²) >= 11 is 1.40. The van der Waals surface area contributed by atoms with E-state index >= 15 is 0 Å². The fourth-order valence-corrected chi connectivity index (χ4v) is 10.4. The number of benzene rings is 3. The Labute approximate surface area is 524 Å². The molecule has 12 heteroatoms. The Kier molecular flexibility index (Phi) is 19.3. The summed E-state index contributed by atoms with van der Waals surface area (Å²) in [7, 11) is 4.06. The van der Waals surface area contributed by atoms with Gasteiger partial charge in [-0.05, 0) is 174 Å². The van der Waals surface area contributed by atoms with Crippen molar-refractivity contribution < 1.29 is 18.9 Å². The monoisotopic (exact) mass is 1190 g/mol. The topological polar surface area (TPSA) is 145 Å². The van der Waals surface area contributed by atoms with Gasteiger partial charge in [0, 0.05) is 64.5 Å². The number of nitrogens with zero attached hydrogens (tertiary/aromatic N) is 5. The number of allylic oxidation sites excluding steroid dienone is 1. The van der Waals surface area contributed by atoms with E-state index in [1.807, 2.05) is 86.9 Å². The smallest absolute Gasteiger partial charge is 0.131 e. The number of nitriles is 2. The predicted octanol–water partition coefficient (Wildman–Crippen LogP) is 18.6. The number of aromatic nitrogens is 4. The van der Waals surface area contributed by atoms with Crippen molar-refractivity contribution in [3.63, 3.8) is 0 Å². The van der Waals surface area contributed by atoms with Crippen LogP contribution in [0, 0.1) is 68.0 Å². The lowest BCUT2D eigenvalue weighted by atomic mass is 9.93. The Balaban J connectivity index is 1.37.